The normalized spacial score (nSPS) is 10.8. The zero-order valence-electron chi connectivity index (χ0n) is 6.61. The summed E-state index contributed by atoms with van der Waals surface area (Å²) in [6.45, 7) is 0.343. The van der Waals surface area contributed by atoms with Crippen molar-refractivity contribution in [2.24, 2.45) is 0 Å². The van der Waals surface area contributed by atoms with Gasteiger partial charge in [-0.3, -0.25) is 0 Å². The molecule has 68 valence electrons. The highest BCUT2D eigenvalue weighted by Gasteiger charge is 2.02. The number of hydroxylamine groups is 1. The Balaban J connectivity index is 2.54. The molecule has 1 aromatic heterocycles. The van der Waals surface area contributed by atoms with Crippen LogP contribution in [0, 0.1) is 0 Å². The smallest absolute Gasteiger partial charge is 0.396 e. The SMILES string of the molecule is O=c1oc2cc(CNO)ccc2s1. The molecule has 0 bridgehead atoms. The summed E-state index contributed by atoms with van der Waals surface area (Å²) in [5, 5.41) is 8.46. The predicted octanol–water partition coefficient (Wildman–Crippen LogP) is 1.33. The van der Waals surface area contributed by atoms with E-state index in [0.29, 0.717) is 12.1 Å². The van der Waals surface area contributed by atoms with Crippen molar-refractivity contribution in [1.29, 1.82) is 0 Å². The molecule has 13 heavy (non-hydrogen) atoms. The molecule has 0 amide bonds. The highest BCUT2D eigenvalue weighted by atomic mass is 32.1. The fraction of sp³-hybridized carbons (Fsp3) is 0.125. The van der Waals surface area contributed by atoms with E-state index in [-0.39, 0.29) is 4.94 Å². The molecule has 1 aromatic carbocycles. The molecule has 1 heterocycles. The minimum atomic E-state index is -0.302. The van der Waals surface area contributed by atoms with Gasteiger partial charge in [0.05, 0.1) is 4.70 Å². The Morgan fingerprint density at radius 1 is 1.54 bits per heavy atom. The molecule has 0 unspecified atom stereocenters. The third kappa shape index (κ3) is 1.62. The molecule has 2 rings (SSSR count). The van der Waals surface area contributed by atoms with Crippen molar-refractivity contribution in [1.82, 2.24) is 5.48 Å². The lowest BCUT2D eigenvalue weighted by Crippen LogP contribution is -2.05. The molecular formula is C8H7NO3S. The van der Waals surface area contributed by atoms with Gasteiger partial charge in [0.15, 0.2) is 0 Å². The topological polar surface area (TPSA) is 62.5 Å². The molecule has 0 saturated carbocycles. The van der Waals surface area contributed by atoms with E-state index < -0.39 is 0 Å². The number of nitrogens with one attached hydrogen (secondary N) is 1. The van der Waals surface area contributed by atoms with Gasteiger partial charge in [0.2, 0.25) is 0 Å². The Morgan fingerprint density at radius 3 is 3.15 bits per heavy atom. The second-order valence-corrected chi connectivity index (χ2v) is 3.55. The number of hydrogen-bond donors (Lipinski definition) is 2. The summed E-state index contributed by atoms with van der Waals surface area (Å²) >= 11 is 1.07. The van der Waals surface area contributed by atoms with E-state index in [1.165, 1.54) is 0 Å². The van der Waals surface area contributed by atoms with Gasteiger partial charge in [-0.05, 0) is 17.7 Å². The monoisotopic (exact) mass is 197 g/mol. The average Bonchev–Trinajstić information content (AvgIpc) is 2.44. The Morgan fingerprint density at radius 2 is 2.38 bits per heavy atom. The van der Waals surface area contributed by atoms with Crippen molar-refractivity contribution in [3.8, 4) is 0 Å². The van der Waals surface area contributed by atoms with Crippen LogP contribution >= 0.6 is 11.3 Å². The number of rotatable bonds is 2. The molecule has 2 aromatic rings. The van der Waals surface area contributed by atoms with E-state index in [2.05, 4.69) is 0 Å². The summed E-state index contributed by atoms with van der Waals surface area (Å²) in [6, 6.07) is 5.37. The van der Waals surface area contributed by atoms with Gasteiger partial charge in [-0.25, -0.2) is 10.3 Å². The van der Waals surface area contributed by atoms with Crippen LogP contribution < -0.4 is 10.4 Å². The molecule has 0 radical (unpaired) electrons. The Bertz CT molecular complexity index is 473. The first kappa shape index (κ1) is 8.43. The number of benzene rings is 1. The van der Waals surface area contributed by atoms with Crippen molar-refractivity contribution >= 4 is 21.6 Å². The first-order valence-electron chi connectivity index (χ1n) is 3.69. The number of hydrogen-bond acceptors (Lipinski definition) is 5. The van der Waals surface area contributed by atoms with Crippen LogP contribution in [0.15, 0.2) is 27.4 Å². The van der Waals surface area contributed by atoms with Crippen LogP contribution in [0.2, 0.25) is 0 Å². The molecule has 0 atom stereocenters. The van der Waals surface area contributed by atoms with Crippen LogP contribution in [0.3, 0.4) is 0 Å². The van der Waals surface area contributed by atoms with Gasteiger partial charge < -0.3 is 9.62 Å². The van der Waals surface area contributed by atoms with Gasteiger partial charge in [0, 0.05) is 6.54 Å². The van der Waals surface area contributed by atoms with Gasteiger partial charge >= 0.3 is 4.94 Å². The summed E-state index contributed by atoms with van der Waals surface area (Å²) in [6.07, 6.45) is 0. The summed E-state index contributed by atoms with van der Waals surface area (Å²) < 4.78 is 5.73. The van der Waals surface area contributed by atoms with Gasteiger partial charge in [-0.2, -0.15) is 0 Å². The second kappa shape index (κ2) is 3.29. The summed E-state index contributed by atoms with van der Waals surface area (Å²) in [5.74, 6) is 0. The van der Waals surface area contributed by atoms with E-state index in [1.807, 2.05) is 11.5 Å². The maximum atomic E-state index is 10.8. The lowest BCUT2D eigenvalue weighted by molar-refractivity contribution is 0.161. The largest absolute Gasteiger partial charge is 0.414 e. The molecule has 0 aliphatic carbocycles. The third-order valence-corrected chi connectivity index (χ3v) is 2.49. The molecule has 0 spiro atoms. The van der Waals surface area contributed by atoms with E-state index in [4.69, 9.17) is 9.62 Å². The zero-order chi connectivity index (χ0) is 9.26. The summed E-state index contributed by atoms with van der Waals surface area (Å²) in [4.78, 5) is 10.5. The Hall–Kier alpha value is -1.17. The first-order chi connectivity index (χ1) is 6.29. The first-order valence-corrected chi connectivity index (χ1v) is 4.51. The van der Waals surface area contributed by atoms with Crippen LogP contribution in [-0.2, 0) is 6.54 Å². The van der Waals surface area contributed by atoms with Crippen molar-refractivity contribution < 1.29 is 9.62 Å². The maximum absolute atomic E-state index is 10.8. The molecular weight excluding hydrogens is 190 g/mol. The number of fused-ring (bicyclic) bond motifs is 1. The van der Waals surface area contributed by atoms with E-state index >= 15 is 0 Å². The average molecular weight is 197 g/mol. The molecule has 0 aliphatic rings. The zero-order valence-corrected chi connectivity index (χ0v) is 7.43. The molecule has 2 N–H and O–H groups in total. The molecule has 0 saturated heterocycles. The van der Waals surface area contributed by atoms with Crippen molar-refractivity contribution in [2.45, 2.75) is 6.54 Å². The highest BCUT2D eigenvalue weighted by molar-refractivity contribution is 7.16. The van der Waals surface area contributed by atoms with Crippen molar-refractivity contribution in [2.75, 3.05) is 0 Å². The van der Waals surface area contributed by atoms with E-state index in [1.54, 1.807) is 12.1 Å². The standard InChI is InChI=1S/C8H7NO3S/c10-8-12-6-3-5(4-9-11)1-2-7(6)13-8/h1-3,9,11H,4H2. The molecule has 0 fully saturated rings. The lowest BCUT2D eigenvalue weighted by Gasteiger charge is -1.96. The highest BCUT2D eigenvalue weighted by Crippen LogP contribution is 2.17. The third-order valence-electron chi connectivity index (χ3n) is 1.68. The minimum absolute atomic E-state index is 0.302. The molecule has 4 nitrogen and oxygen atoms in total. The van der Waals surface area contributed by atoms with Gasteiger partial charge in [0.1, 0.15) is 5.58 Å². The van der Waals surface area contributed by atoms with E-state index in [0.717, 1.165) is 21.6 Å². The Kier molecular flexibility index (Phi) is 2.13. The predicted molar refractivity (Wildman–Crippen MR) is 49.0 cm³/mol. The van der Waals surface area contributed by atoms with Crippen LogP contribution in [0.1, 0.15) is 5.56 Å². The fourth-order valence-electron chi connectivity index (χ4n) is 1.12. The van der Waals surface area contributed by atoms with Gasteiger partial charge in [-0.1, -0.05) is 17.4 Å². The van der Waals surface area contributed by atoms with E-state index in [9.17, 15) is 4.79 Å². The minimum Gasteiger partial charge on any atom is -0.414 e. The summed E-state index contributed by atoms with van der Waals surface area (Å²) in [7, 11) is 0. The summed E-state index contributed by atoms with van der Waals surface area (Å²) in [5.41, 5.74) is 3.48. The molecule has 5 heteroatoms. The van der Waals surface area contributed by atoms with Crippen LogP contribution in [0.5, 0.6) is 0 Å². The Labute approximate surface area is 77.4 Å². The van der Waals surface area contributed by atoms with Crippen molar-refractivity contribution in [3.05, 3.63) is 33.5 Å². The second-order valence-electron chi connectivity index (χ2n) is 2.57. The maximum Gasteiger partial charge on any atom is 0.396 e. The van der Waals surface area contributed by atoms with Gasteiger partial charge in [-0.15, -0.1) is 0 Å². The quantitative estimate of drug-likeness (QED) is 0.713. The molecule has 0 aliphatic heterocycles. The van der Waals surface area contributed by atoms with Gasteiger partial charge in [0.25, 0.3) is 0 Å². The van der Waals surface area contributed by atoms with Crippen LogP contribution in [0.4, 0.5) is 0 Å². The van der Waals surface area contributed by atoms with Crippen molar-refractivity contribution in [3.63, 3.8) is 0 Å². The fourth-order valence-corrected chi connectivity index (χ4v) is 1.77. The lowest BCUT2D eigenvalue weighted by atomic mass is 10.2. The van der Waals surface area contributed by atoms with Crippen LogP contribution in [-0.4, -0.2) is 5.21 Å². The van der Waals surface area contributed by atoms with Crippen LogP contribution in [0.25, 0.3) is 10.3 Å².